The van der Waals surface area contributed by atoms with Crippen LogP contribution in [0.25, 0.3) is 0 Å². The molecular formula is C20H29N5O. The largest absolute Gasteiger partial charge is 0.372 e. The summed E-state index contributed by atoms with van der Waals surface area (Å²) >= 11 is 0. The lowest BCUT2D eigenvalue weighted by Gasteiger charge is -2.20. The van der Waals surface area contributed by atoms with Gasteiger partial charge < -0.3 is 15.0 Å². The first-order valence-corrected chi connectivity index (χ1v) is 9.89. The van der Waals surface area contributed by atoms with Gasteiger partial charge in [0.2, 0.25) is 0 Å². The molecule has 0 bridgehead atoms. The highest BCUT2D eigenvalue weighted by Crippen LogP contribution is 2.34. The van der Waals surface area contributed by atoms with Gasteiger partial charge in [-0.1, -0.05) is 6.07 Å². The van der Waals surface area contributed by atoms with Crippen LogP contribution in [0.4, 0.5) is 5.82 Å². The van der Waals surface area contributed by atoms with E-state index in [2.05, 4.69) is 45.4 Å². The average Bonchev–Trinajstić information content (AvgIpc) is 3.43. The zero-order chi connectivity index (χ0) is 17.8. The van der Waals surface area contributed by atoms with E-state index in [-0.39, 0.29) is 6.10 Å². The van der Waals surface area contributed by atoms with Crippen LogP contribution in [0.2, 0.25) is 0 Å². The van der Waals surface area contributed by atoms with Gasteiger partial charge in [-0.05, 0) is 43.9 Å². The summed E-state index contributed by atoms with van der Waals surface area (Å²) in [5.41, 5.74) is 2.44. The Labute approximate surface area is 155 Å². The van der Waals surface area contributed by atoms with Crippen molar-refractivity contribution in [2.75, 3.05) is 31.1 Å². The fourth-order valence-corrected chi connectivity index (χ4v) is 4.08. The van der Waals surface area contributed by atoms with Crippen LogP contribution >= 0.6 is 0 Å². The second kappa shape index (κ2) is 8.18. The van der Waals surface area contributed by atoms with Crippen molar-refractivity contribution in [1.82, 2.24) is 20.1 Å². The summed E-state index contributed by atoms with van der Waals surface area (Å²) in [5.74, 6) is 1.61. The molecule has 0 unspecified atom stereocenters. The topological polar surface area (TPSA) is 55.2 Å². The molecule has 0 amide bonds. The van der Waals surface area contributed by atoms with E-state index in [1.165, 1.54) is 24.1 Å². The van der Waals surface area contributed by atoms with Crippen LogP contribution in [0.1, 0.15) is 43.5 Å². The molecule has 2 fully saturated rings. The Balaban J connectivity index is 1.30. The van der Waals surface area contributed by atoms with Crippen LogP contribution in [0, 0.1) is 5.92 Å². The molecule has 6 nitrogen and oxygen atoms in total. The lowest BCUT2D eigenvalue weighted by Crippen LogP contribution is -2.26. The molecule has 0 saturated carbocycles. The standard InChI is InChI=1S/C20H29N5O/c1-2-25-18(7-9-23-25)20-17(8-12-26-20)15-21-13-16-5-6-19(22-14-16)24-10-3-4-11-24/h5-7,9,14,17,20-21H,2-4,8,10-13,15H2,1H3/t17-,20+/m0/s1. The highest BCUT2D eigenvalue weighted by molar-refractivity contribution is 5.40. The van der Waals surface area contributed by atoms with Gasteiger partial charge in [0.25, 0.3) is 0 Å². The minimum absolute atomic E-state index is 0.153. The van der Waals surface area contributed by atoms with Crippen molar-refractivity contribution in [1.29, 1.82) is 0 Å². The van der Waals surface area contributed by atoms with E-state index in [1.807, 2.05) is 17.1 Å². The first-order valence-electron chi connectivity index (χ1n) is 9.89. The first kappa shape index (κ1) is 17.5. The Hall–Kier alpha value is -1.92. The van der Waals surface area contributed by atoms with Crippen molar-refractivity contribution in [2.45, 2.75) is 45.4 Å². The van der Waals surface area contributed by atoms with Crippen molar-refractivity contribution < 1.29 is 4.74 Å². The van der Waals surface area contributed by atoms with Crippen LogP contribution in [0.3, 0.4) is 0 Å². The minimum Gasteiger partial charge on any atom is -0.372 e. The SMILES string of the molecule is CCn1nccc1[C@@H]1OCC[C@H]1CNCc1ccc(N2CCCC2)nc1. The van der Waals surface area contributed by atoms with Crippen LogP contribution in [0.5, 0.6) is 0 Å². The second-order valence-corrected chi connectivity index (χ2v) is 7.26. The monoisotopic (exact) mass is 355 g/mol. The Morgan fingerprint density at radius 2 is 2.12 bits per heavy atom. The van der Waals surface area contributed by atoms with Crippen molar-refractivity contribution in [3.63, 3.8) is 0 Å². The third-order valence-electron chi connectivity index (χ3n) is 5.53. The molecule has 0 aliphatic carbocycles. The molecule has 2 atom stereocenters. The zero-order valence-corrected chi connectivity index (χ0v) is 15.6. The number of pyridine rings is 1. The average molecular weight is 355 g/mol. The molecule has 2 aliphatic heterocycles. The molecule has 2 aliphatic rings. The zero-order valence-electron chi connectivity index (χ0n) is 15.6. The van der Waals surface area contributed by atoms with Crippen molar-refractivity contribution >= 4 is 5.82 Å². The van der Waals surface area contributed by atoms with E-state index in [1.54, 1.807) is 0 Å². The number of nitrogens with one attached hydrogen (secondary N) is 1. The van der Waals surface area contributed by atoms with E-state index in [4.69, 9.17) is 4.74 Å². The molecule has 4 heterocycles. The molecule has 140 valence electrons. The molecule has 1 N–H and O–H groups in total. The van der Waals surface area contributed by atoms with Crippen molar-refractivity contribution in [2.24, 2.45) is 5.92 Å². The Morgan fingerprint density at radius 3 is 2.88 bits per heavy atom. The van der Waals surface area contributed by atoms with Gasteiger partial charge in [-0.2, -0.15) is 5.10 Å². The number of aromatic nitrogens is 3. The normalized spacial score (nSPS) is 23.0. The van der Waals surface area contributed by atoms with Gasteiger partial charge in [0.15, 0.2) is 0 Å². The molecule has 2 saturated heterocycles. The maximum atomic E-state index is 6.01. The van der Waals surface area contributed by atoms with Crippen molar-refractivity contribution in [3.05, 3.63) is 41.9 Å². The molecule has 2 aromatic rings. The highest BCUT2D eigenvalue weighted by atomic mass is 16.5. The van der Waals surface area contributed by atoms with Gasteiger partial charge in [0, 0.05) is 57.6 Å². The maximum absolute atomic E-state index is 6.01. The van der Waals surface area contributed by atoms with Gasteiger partial charge in [0.05, 0.1) is 5.69 Å². The lowest BCUT2D eigenvalue weighted by atomic mass is 9.99. The molecule has 0 radical (unpaired) electrons. The number of aryl methyl sites for hydroxylation is 1. The fraction of sp³-hybridized carbons (Fsp3) is 0.600. The van der Waals surface area contributed by atoms with Crippen LogP contribution in [-0.2, 0) is 17.8 Å². The van der Waals surface area contributed by atoms with Gasteiger partial charge >= 0.3 is 0 Å². The van der Waals surface area contributed by atoms with Crippen LogP contribution in [0.15, 0.2) is 30.6 Å². The second-order valence-electron chi connectivity index (χ2n) is 7.26. The van der Waals surface area contributed by atoms with Crippen LogP contribution < -0.4 is 10.2 Å². The Bertz CT molecular complexity index is 692. The van der Waals surface area contributed by atoms with Crippen LogP contribution in [-0.4, -0.2) is 41.0 Å². The van der Waals surface area contributed by atoms with Gasteiger partial charge in [-0.3, -0.25) is 4.68 Å². The lowest BCUT2D eigenvalue weighted by molar-refractivity contribution is 0.0830. The summed E-state index contributed by atoms with van der Waals surface area (Å²) < 4.78 is 8.05. The van der Waals surface area contributed by atoms with E-state index in [9.17, 15) is 0 Å². The molecule has 26 heavy (non-hydrogen) atoms. The maximum Gasteiger partial charge on any atom is 0.128 e. The summed E-state index contributed by atoms with van der Waals surface area (Å²) in [7, 11) is 0. The number of rotatable bonds is 7. The van der Waals surface area contributed by atoms with Gasteiger partial charge in [0.1, 0.15) is 11.9 Å². The molecule has 0 aromatic carbocycles. The number of anilines is 1. The minimum atomic E-state index is 0.153. The third-order valence-corrected chi connectivity index (χ3v) is 5.53. The highest BCUT2D eigenvalue weighted by Gasteiger charge is 2.31. The predicted molar refractivity (Wildman–Crippen MR) is 102 cm³/mol. The Kier molecular flexibility index (Phi) is 5.51. The van der Waals surface area contributed by atoms with E-state index < -0.39 is 0 Å². The van der Waals surface area contributed by atoms with Gasteiger partial charge in [-0.25, -0.2) is 4.98 Å². The predicted octanol–water partition coefficient (Wildman–Crippen LogP) is 2.77. The third kappa shape index (κ3) is 3.76. The number of hydrogen-bond donors (Lipinski definition) is 1. The molecule has 2 aromatic heterocycles. The number of hydrogen-bond acceptors (Lipinski definition) is 5. The van der Waals surface area contributed by atoms with E-state index >= 15 is 0 Å². The smallest absolute Gasteiger partial charge is 0.128 e. The number of nitrogens with zero attached hydrogens (tertiary/aromatic N) is 4. The fourth-order valence-electron chi connectivity index (χ4n) is 4.08. The van der Waals surface area contributed by atoms with E-state index in [0.717, 1.165) is 51.6 Å². The summed E-state index contributed by atoms with van der Waals surface area (Å²) in [6.45, 7) is 7.92. The quantitative estimate of drug-likeness (QED) is 0.828. The number of ether oxygens (including phenoxy) is 1. The van der Waals surface area contributed by atoms with Crippen molar-refractivity contribution in [3.8, 4) is 0 Å². The summed E-state index contributed by atoms with van der Waals surface area (Å²) in [5, 5.41) is 7.99. The molecule has 6 heteroatoms. The van der Waals surface area contributed by atoms with Gasteiger partial charge in [-0.15, -0.1) is 0 Å². The van der Waals surface area contributed by atoms with E-state index in [0.29, 0.717) is 5.92 Å². The molecular weight excluding hydrogens is 326 g/mol. The molecule has 4 rings (SSSR count). The summed E-state index contributed by atoms with van der Waals surface area (Å²) in [4.78, 5) is 7.01. The Morgan fingerprint density at radius 1 is 1.23 bits per heavy atom. The summed E-state index contributed by atoms with van der Waals surface area (Å²) in [6, 6.07) is 6.44. The summed E-state index contributed by atoms with van der Waals surface area (Å²) in [6.07, 6.45) is 7.70. The molecule has 0 spiro atoms. The first-order chi connectivity index (χ1) is 12.8.